The number of thioether (sulfide) groups is 1. The Labute approximate surface area is 112 Å². The van der Waals surface area contributed by atoms with E-state index in [1.807, 2.05) is 11.8 Å². The molecular weight excluding hydrogens is 236 g/mol. The Morgan fingerprint density at radius 2 is 1.50 bits per heavy atom. The van der Waals surface area contributed by atoms with Crippen LogP contribution in [0.4, 0.5) is 0 Å². The minimum absolute atomic E-state index is 1.15. The van der Waals surface area contributed by atoms with E-state index in [-0.39, 0.29) is 0 Å². The molecule has 90 valence electrons. The maximum Gasteiger partial charge on any atom is -0.00295 e. The fourth-order valence-electron chi connectivity index (χ4n) is 2.55. The van der Waals surface area contributed by atoms with Crippen LogP contribution in [0.1, 0.15) is 5.56 Å². The molecule has 0 unspecified atom stereocenters. The first kappa shape index (κ1) is 11.6. The lowest BCUT2D eigenvalue weighted by Crippen LogP contribution is -1.91. The zero-order chi connectivity index (χ0) is 12.4. The summed E-state index contributed by atoms with van der Waals surface area (Å²) < 4.78 is 0. The summed E-state index contributed by atoms with van der Waals surface area (Å²) in [5, 5.41) is 5.50. The van der Waals surface area contributed by atoms with Gasteiger partial charge in [0.1, 0.15) is 0 Å². The maximum absolute atomic E-state index is 2.36. The number of hydrogen-bond acceptors (Lipinski definition) is 1. The van der Waals surface area contributed by atoms with Gasteiger partial charge in [-0.15, -0.1) is 0 Å². The van der Waals surface area contributed by atoms with E-state index >= 15 is 0 Å². The fourth-order valence-corrected chi connectivity index (χ4v) is 2.97. The second-order valence-corrected chi connectivity index (χ2v) is 5.53. The first-order valence-corrected chi connectivity index (χ1v) is 7.68. The molecule has 0 bridgehead atoms. The van der Waals surface area contributed by atoms with E-state index in [9.17, 15) is 0 Å². The summed E-state index contributed by atoms with van der Waals surface area (Å²) in [4.78, 5) is 0. The van der Waals surface area contributed by atoms with Crippen LogP contribution in [0.5, 0.6) is 0 Å². The predicted octanol–water partition coefficient (Wildman–Crippen LogP) is 4.90. The van der Waals surface area contributed by atoms with Crippen molar-refractivity contribution in [3.8, 4) is 0 Å². The van der Waals surface area contributed by atoms with Gasteiger partial charge in [-0.1, -0.05) is 54.6 Å². The van der Waals surface area contributed by atoms with Gasteiger partial charge < -0.3 is 0 Å². The normalized spacial score (nSPS) is 11.2. The number of benzene rings is 3. The second kappa shape index (κ2) is 5.03. The van der Waals surface area contributed by atoms with Crippen LogP contribution in [0, 0.1) is 0 Å². The fraction of sp³-hybridized carbons (Fsp3) is 0.176. The molecule has 3 aromatic rings. The van der Waals surface area contributed by atoms with Gasteiger partial charge in [0.2, 0.25) is 0 Å². The quantitative estimate of drug-likeness (QED) is 0.597. The van der Waals surface area contributed by atoms with Crippen molar-refractivity contribution in [3.63, 3.8) is 0 Å². The van der Waals surface area contributed by atoms with E-state index in [0.717, 1.165) is 6.42 Å². The van der Waals surface area contributed by atoms with E-state index in [2.05, 4.69) is 60.9 Å². The zero-order valence-corrected chi connectivity index (χ0v) is 11.3. The van der Waals surface area contributed by atoms with Gasteiger partial charge in [0.25, 0.3) is 0 Å². The summed E-state index contributed by atoms with van der Waals surface area (Å²) in [6.07, 6.45) is 3.32. The van der Waals surface area contributed by atoms with Crippen LogP contribution in [0.25, 0.3) is 21.5 Å². The second-order valence-electron chi connectivity index (χ2n) is 4.55. The Hall–Kier alpha value is -1.47. The van der Waals surface area contributed by atoms with Gasteiger partial charge in [-0.2, -0.15) is 11.8 Å². The summed E-state index contributed by atoms with van der Waals surface area (Å²) in [5.74, 6) is 1.18. The standard InChI is InChI=1S/C17H16S/c1-18-11-10-14-12-13-6-2-3-7-15(13)17-9-5-4-8-16(14)17/h2-9,12H,10-11H2,1H3. The molecule has 0 saturated carbocycles. The Bertz CT molecular complexity index is 685. The molecule has 0 spiro atoms. The van der Waals surface area contributed by atoms with E-state index < -0.39 is 0 Å². The molecule has 0 aliphatic carbocycles. The zero-order valence-electron chi connectivity index (χ0n) is 10.5. The van der Waals surface area contributed by atoms with Crippen LogP contribution < -0.4 is 0 Å². The van der Waals surface area contributed by atoms with Crippen molar-refractivity contribution in [2.45, 2.75) is 6.42 Å². The number of rotatable bonds is 3. The Morgan fingerprint density at radius 3 is 2.28 bits per heavy atom. The van der Waals surface area contributed by atoms with Crippen molar-refractivity contribution in [2.75, 3.05) is 12.0 Å². The monoisotopic (exact) mass is 252 g/mol. The number of hydrogen-bond donors (Lipinski definition) is 0. The predicted molar refractivity (Wildman–Crippen MR) is 83.5 cm³/mol. The van der Waals surface area contributed by atoms with E-state index in [1.165, 1.54) is 32.9 Å². The van der Waals surface area contributed by atoms with Crippen LogP contribution in [0.3, 0.4) is 0 Å². The topological polar surface area (TPSA) is 0 Å². The lowest BCUT2D eigenvalue weighted by atomic mass is 9.96. The minimum atomic E-state index is 1.15. The van der Waals surface area contributed by atoms with Crippen LogP contribution in [-0.2, 0) is 6.42 Å². The molecule has 0 saturated heterocycles. The van der Waals surface area contributed by atoms with Gasteiger partial charge in [-0.05, 0) is 45.5 Å². The highest BCUT2D eigenvalue weighted by Gasteiger charge is 2.05. The lowest BCUT2D eigenvalue weighted by molar-refractivity contribution is 1.18. The molecule has 3 rings (SSSR count). The molecule has 0 aromatic heterocycles. The smallest absolute Gasteiger partial charge is 0.00295 e. The van der Waals surface area contributed by atoms with E-state index in [1.54, 1.807) is 0 Å². The van der Waals surface area contributed by atoms with Gasteiger partial charge >= 0.3 is 0 Å². The van der Waals surface area contributed by atoms with Crippen LogP contribution >= 0.6 is 11.8 Å². The highest BCUT2D eigenvalue weighted by molar-refractivity contribution is 7.98. The molecule has 3 aromatic carbocycles. The average Bonchev–Trinajstić information content (AvgIpc) is 2.45. The van der Waals surface area contributed by atoms with Crippen molar-refractivity contribution in [1.82, 2.24) is 0 Å². The summed E-state index contributed by atoms with van der Waals surface area (Å²) in [5.41, 5.74) is 1.47. The highest BCUT2D eigenvalue weighted by atomic mass is 32.2. The van der Waals surface area contributed by atoms with Gasteiger partial charge in [0.05, 0.1) is 0 Å². The van der Waals surface area contributed by atoms with Crippen molar-refractivity contribution >= 4 is 33.3 Å². The van der Waals surface area contributed by atoms with Crippen molar-refractivity contribution in [2.24, 2.45) is 0 Å². The Kier molecular flexibility index (Phi) is 3.24. The van der Waals surface area contributed by atoms with Crippen LogP contribution in [0.15, 0.2) is 54.6 Å². The third kappa shape index (κ3) is 1.99. The molecule has 0 N–H and O–H groups in total. The lowest BCUT2D eigenvalue weighted by Gasteiger charge is -2.10. The molecule has 1 heteroatoms. The Morgan fingerprint density at radius 1 is 0.833 bits per heavy atom. The van der Waals surface area contributed by atoms with Crippen molar-refractivity contribution in [3.05, 3.63) is 60.2 Å². The molecule has 0 amide bonds. The molecule has 0 aliphatic rings. The molecule has 0 fully saturated rings. The third-order valence-corrected chi connectivity index (χ3v) is 4.04. The van der Waals surface area contributed by atoms with E-state index in [0.29, 0.717) is 0 Å². The van der Waals surface area contributed by atoms with Crippen LogP contribution in [-0.4, -0.2) is 12.0 Å². The summed E-state index contributed by atoms with van der Waals surface area (Å²) in [6, 6.07) is 19.8. The molecule has 0 atom stereocenters. The van der Waals surface area contributed by atoms with Gasteiger partial charge in [-0.25, -0.2) is 0 Å². The molecule has 0 nitrogen and oxygen atoms in total. The molecule has 0 aliphatic heterocycles. The SMILES string of the molecule is CSCCc1cc2ccccc2c2ccccc12. The van der Waals surface area contributed by atoms with Gasteiger partial charge in [-0.3, -0.25) is 0 Å². The average molecular weight is 252 g/mol. The highest BCUT2D eigenvalue weighted by Crippen LogP contribution is 2.29. The maximum atomic E-state index is 2.36. The van der Waals surface area contributed by atoms with Gasteiger partial charge in [0, 0.05) is 0 Å². The van der Waals surface area contributed by atoms with Gasteiger partial charge in [0.15, 0.2) is 0 Å². The summed E-state index contributed by atoms with van der Waals surface area (Å²) >= 11 is 1.91. The summed E-state index contributed by atoms with van der Waals surface area (Å²) in [7, 11) is 0. The first-order chi connectivity index (χ1) is 8.90. The number of fused-ring (bicyclic) bond motifs is 3. The number of aryl methyl sites for hydroxylation is 1. The van der Waals surface area contributed by atoms with Crippen molar-refractivity contribution < 1.29 is 0 Å². The van der Waals surface area contributed by atoms with Crippen LogP contribution in [0.2, 0.25) is 0 Å². The molecule has 0 heterocycles. The Balaban J connectivity index is 2.32. The largest absolute Gasteiger partial charge is 0.165 e. The van der Waals surface area contributed by atoms with Crippen molar-refractivity contribution in [1.29, 1.82) is 0 Å². The van der Waals surface area contributed by atoms with E-state index in [4.69, 9.17) is 0 Å². The summed E-state index contributed by atoms with van der Waals surface area (Å²) in [6.45, 7) is 0. The molecule has 18 heavy (non-hydrogen) atoms. The molecule has 0 radical (unpaired) electrons. The first-order valence-electron chi connectivity index (χ1n) is 6.28. The minimum Gasteiger partial charge on any atom is -0.165 e. The molecular formula is C17H16S. The third-order valence-electron chi connectivity index (χ3n) is 3.43.